The Morgan fingerprint density at radius 1 is 1.08 bits per heavy atom. The fraction of sp³-hybridized carbons (Fsp3) is 0.550. The molecule has 140 valence electrons. The molecule has 0 amide bonds. The van der Waals surface area contributed by atoms with Gasteiger partial charge in [-0.3, -0.25) is 10.00 Å². The highest BCUT2D eigenvalue weighted by molar-refractivity contribution is 5.59. The van der Waals surface area contributed by atoms with Crippen LogP contribution >= 0.6 is 0 Å². The van der Waals surface area contributed by atoms with Crippen molar-refractivity contribution in [1.29, 1.82) is 0 Å². The van der Waals surface area contributed by atoms with Gasteiger partial charge < -0.3 is 14.4 Å². The first-order chi connectivity index (χ1) is 12.9. The van der Waals surface area contributed by atoms with Gasteiger partial charge in [0.1, 0.15) is 12.4 Å². The summed E-state index contributed by atoms with van der Waals surface area (Å²) in [6, 6.07) is 10.1. The third-order valence-electron chi connectivity index (χ3n) is 5.35. The van der Waals surface area contributed by atoms with Crippen LogP contribution in [0.2, 0.25) is 0 Å². The lowest BCUT2D eigenvalue weighted by Crippen LogP contribution is -2.48. The quantitative estimate of drug-likeness (QED) is 0.823. The maximum atomic E-state index is 5.92. The number of hydrogen-bond donors (Lipinski definition) is 1. The molecule has 3 heterocycles. The number of hydrogen-bond acceptors (Lipinski definition) is 5. The van der Waals surface area contributed by atoms with Crippen LogP contribution in [-0.2, 0) is 4.74 Å². The molecule has 1 aromatic heterocycles. The van der Waals surface area contributed by atoms with Crippen LogP contribution in [0.5, 0.6) is 5.75 Å². The van der Waals surface area contributed by atoms with Gasteiger partial charge in [-0.05, 0) is 48.2 Å². The number of aromatic amines is 1. The second-order valence-electron chi connectivity index (χ2n) is 7.22. The van der Waals surface area contributed by atoms with Crippen molar-refractivity contribution in [1.82, 2.24) is 20.0 Å². The van der Waals surface area contributed by atoms with E-state index >= 15 is 0 Å². The number of nitrogens with zero attached hydrogens (tertiary/aromatic N) is 3. The van der Waals surface area contributed by atoms with Crippen LogP contribution in [0.1, 0.15) is 6.42 Å². The van der Waals surface area contributed by atoms with Crippen molar-refractivity contribution < 1.29 is 9.47 Å². The molecule has 0 aliphatic carbocycles. The molecule has 6 heteroatoms. The van der Waals surface area contributed by atoms with Crippen LogP contribution in [-0.4, -0.2) is 79.1 Å². The van der Waals surface area contributed by atoms with Crippen LogP contribution in [0, 0.1) is 5.92 Å². The van der Waals surface area contributed by atoms with Gasteiger partial charge in [0.15, 0.2) is 0 Å². The van der Waals surface area contributed by atoms with Gasteiger partial charge in [-0.1, -0.05) is 0 Å². The van der Waals surface area contributed by atoms with Crippen molar-refractivity contribution in [3.63, 3.8) is 0 Å². The SMILES string of the molecule is c1cc(-c2ccc(OCCN3CCN(CC4CCOC4)CC3)cc2)[nH]n1. The Hall–Kier alpha value is -1.89. The minimum Gasteiger partial charge on any atom is -0.492 e. The first kappa shape index (κ1) is 17.5. The molecule has 0 saturated carbocycles. The topological polar surface area (TPSA) is 53.6 Å². The van der Waals surface area contributed by atoms with E-state index in [1.807, 2.05) is 18.2 Å². The zero-order chi connectivity index (χ0) is 17.6. The van der Waals surface area contributed by atoms with E-state index < -0.39 is 0 Å². The fourth-order valence-electron chi connectivity index (χ4n) is 3.73. The third-order valence-corrected chi connectivity index (χ3v) is 5.35. The monoisotopic (exact) mass is 356 g/mol. The zero-order valence-electron chi connectivity index (χ0n) is 15.3. The van der Waals surface area contributed by atoms with Gasteiger partial charge >= 0.3 is 0 Å². The van der Waals surface area contributed by atoms with E-state index in [0.29, 0.717) is 0 Å². The van der Waals surface area contributed by atoms with E-state index in [9.17, 15) is 0 Å². The summed E-state index contributed by atoms with van der Waals surface area (Å²) >= 11 is 0. The number of ether oxygens (including phenoxy) is 2. The molecule has 1 N–H and O–H groups in total. The van der Waals surface area contributed by atoms with E-state index in [4.69, 9.17) is 9.47 Å². The molecule has 6 nitrogen and oxygen atoms in total. The number of piperazine rings is 1. The molecular weight excluding hydrogens is 328 g/mol. The standard InChI is InChI=1S/C20H28N4O2/c1-3-19(4-2-18(1)20-5-7-21-22-20)26-14-12-23-8-10-24(11-9-23)15-17-6-13-25-16-17/h1-5,7,17H,6,8-16H2,(H,21,22). The Morgan fingerprint density at radius 2 is 1.88 bits per heavy atom. The summed E-state index contributed by atoms with van der Waals surface area (Å²) in [6.45, 7) is 9.42. The molecular formula is C20H28N4O2. The number of rotatable bonds is 7. The highest BCUT2D eigenvalue weighted by Gasteiger charge is 2.22. The van der Waals surface area contributed by atoms with Crippen molar-refractivity contribution in [3.8, 4) is 17.0 Å². The summed E-state index contributed by atoms with van der Waals surface area (Å²) in [5.74, 6) is 1.67. The first-order valence-corrected chi connectivity index (χ1v) is 9.62. The van der Waals surface area contributed by atoms with Crippen LogP contribution in [0.25, 0.3) is 11.3 Å². The highest BCUT2D eigenvalue weighted by atomic mass is 16.5. The summed E-state index contributed by atoms with van der Waals surface area (Å²) in [5, 5.41) is 6.96. The van der Waals surface area contributed by atoms with E-state index in [1.54, 1.807) is 6.20 Å². The lowest BCUT2D eigenvalue weighted by molar-refractivity contribution is 0.100. The van der Waals surface area contributed by atoms with E-state index in [2.05, 4.69) is 32.1 Å². The lowest BCUT2D eigenvalue weighted by atomic mass is 10.1. The minimum atomic E-state index is 0.736. The molecule has 2 aromatic rings. The van der Waals surface area contributed by atoms with Gasteiger partial charge in [0, 0.05) is 52.1 Å². The summed E-state index contributed by atoms with van der Waals surface area (Å²) in [5.41, 5.74) is 2.15. The molecule has 2 aliphatic rings. The van der Waals surface area contributed by atoms with Crippen molar-refractivity contribution in [2.24, 2.45) is 5.92 Å². The van der Waals surface area contributed by atoms with Crippen molar-refractivity contribution in [3.05, 3.63) is 36.5 Å². The number of aromatic nitrogens is 2. The molecule has 2 fully saturated rings. The van der Waals surface area contributed by atoms with Gasteiger partial charge in [0.25, 0.3) is 0 Å². The van der Waals surface area contributed by atoms with Crippen LogP contribution in [0.4, 0.5) is 0 Å². The van der Waals surface area contributed by atoms with Gasteiger partial charge in [-0.2, -0.15) is 5.10 Å². The van der Waals surface area contributed by atoms with Gasteiger partial charge in [-0.15, -0.1) is 0 Å². The summed E-state index contributed by atoms with van der Waals surface area (Å²) < 4.78 is 11.4. The largest absolute Gasteiger partial charge is 0.492 e. The Labute approximate surface area is 155 Å². The summed E-state index contributed by atoms with van der Waals surface area (Å²) in [7, 11) is 0. The molecule has 0 radical (unpaired) electrons. The molecule has 0 bridgehead atoms. The smallest absolute Gasteiger partial charge is 0.119 e. The average molecular weight is 356 g/mol. The number of H-pyrrole nitrogens is 1. The van der Waals surface area contributed by atoms with Crippen molar-refractivity contribution in [2.45, 2.75) is 6.42 Å². The summed E-state index contributed by atoms with van der Waals surface area (Å²) in [4.78, 5) is 5.09. The van der Waals surface area contributed by atoms with Crippen LogP contribution in [0.3, 0.4) is 0 Å². The predicted molar refractivity (Wildman–Crippen MR) is 101 cm³/mol. The fourth-order valence-corrected chi connectivity index (χ4v) is 3.73. The number of benzene rings is 1. The van der Waals surface area contributed by atoms with Gasteiger partial charge in [0.2, 0.25) is 0 Å². The molecule has 2 saturated heterocycles. The lowest BCUT2D eigenvalue weighted by Gasteiger charge is -2.35. The average Bonchev–Trinajstić information content (AvgIpc) is 3.38. The Morgan fingerprint density at radius 3 is 2.58 bits per heavy atom. The Balaban J connectivity index is 1.15. The van der Waals surface area contributed by atoms with E-state index in [1.165, 1.54) is 13.0 Å². The molecule has 1 atom stereocenters. The van der Waals surface area contributed by atoms with Crippen molar-refractivity contribution >= 4 is 0 Å². The molecule has 1 aromatic carbocycles. The highest BCUT2D eigenvalue weighted by Crippen LogP contribution is 2.20. The maximum absolute atomic E-state index is 5.92. The molecule has 4 rings (SSSR count). The zero-order valence-corrected chi connectivity index (χ0v) is 15.3. The second kappa shape index (κ2) is 8.66. The van der Waals surface area contributed by atoms with E-state index in [0.717, 1.165) is 75.5 Å². The van der Waals surface area contributed by atoms with Crippen LogP contribution < -0.4 is 4.74 Å². The normalized spacial score (nSPS) is 21.9. The minimum absolute atomic E-state index is 0.736. The molecule has 2 aliphatic heterocycles. The third kappa shape index (κ3) is 4.63. The Bertz CT molecular complexity index is 645. The number of nitrogens with one attached hydrogen (secondary N) is 1. The first-order valence-electron chi connectivity index (χ1n) is 9.62. The Kier molecular flexibility index (Phi) is 5.84. The predicted octanol–water partition coefficient (Wildman–Crippen LogP) is 2.11. The molecule has 1 unspecified atom stereocenters. The molecule has 26 heavy (non-hydrogen) atoms. The maximum Gasteiger partial charge on any atom is 0.119 e. The van der Waals surface area contributed by atoms with Crippen LogP contribution in [0.15, 0.2) is 36.5 Å². The second-order valence-corrected chi connectivity index (χ2v) is 7.22. The summed E-state index contributed by atoms with van der Waals surface area (Å²) in [6.07, 6.45) is 2.99. The molecule has 0 spiro atoms. The van der Waals surface area contributed by atoms with E-state index in [-0.39, 0.29) is 0 Å². The van der Waals surface area contributed by atoms with Crippen molar-refractivity contribution in [2.75, 3.05) is 59.1 Å². The van der Waals surface area contributed by atoms with Gasteiger partial charge in [0.05, 0.1) is 12.3 Å². The van der Waals surface area contributed by atoms with Gasteiger partial charge in [-0.25, -0.2) is 0 Å².